The number of nitrogens with two attached hydrogens (primary N) is 1. The highest BCUT2D eigenvalue weighted by molar-refractivity contribution is 6.46. The van der Waals surface area contributed by atoms with Crippen LogP contribution >= 0.6 is 0 Å². The second-order valence-corrected chi connectivity index (χ2v) is 2.39. The Hall–Kier alpha value is -1.38. The average Bonchev–Trinajstić information content (AvgIpc) is 2.16. The topological polar surface area (TPSA) is 55.4 Å². The van der Waals surface area contributed by atoms with Gasteiger partial charge in [0.2, 0.25) is 5.78 Å². The van der Waals surface area contributed by atoms with Gasteiger partial charge >= 0.3 is 0 Å². The lowest BCUT2D eigenvalue weighted by Crippen LogP contribution is -2.15. The van der Waals surface area contributed by atoms with Crippen molar-refractivity contribution >= 4 is 11.5 Å². The summed E-state index contributed by atoms with van der Waals surface area (Å²) in [5.74, 6) is 4.97. The molecule has 2 N–H and O–H groups in total. The zero-order valence-electron chi connectivity index (χ0n) is 6.37. The van der Waals surface area contributed by atoms with Crippen molar-refractivity contribution in [1.29, 1.82) is 0 Å². The molecule has 0 aliphatic heterocycles. The molecule has 0 unspecified atom stereocenters. The van der Waals surface area contributed by atoms with E-state index in [0.29, 0.717) is 17.7 Å². The van der Waals surface area contributed by atoms with Gasteiger partial charge in [-0.25, -0.2) is 0 Å². The van der Waals surface area contributed by atoms with E-state index in [4.69, 9.17) is 5.84 Å². The lowest BCUT2D eigenvalue weighted by atomic mass is 10.1. The summed E-state index contributed by atoms with van der Waals surface area (Å²) < 4.78 is 0. The molecule has 58 valence electrons. The first-order chi connectivity index (χ1) is 5.25. The van der Waals surface area contributed by atoms with Gasteiger partial charge in [0, 0.05) is 6.42 Å². The Morgan fingerprint density at radius 3 is 3.00 bits per heavy atom. The lowest BCUT2D eigenvalue weighted by Gasteiger charge is -1.97. The van der Waals surface area contributed by atoms with Crippen LogP contribution in [0.4, 0.5) is 0 Å². The smallest absolute Gasteiger partial charge is 0.204 e. The van der Waals surface area contributed by atoms with E-state index < -0.39 is 0 Å². The molecule has 0 radical (unpaired) electrons. The van der Waals surface area contributed by atoms with Crippen LogP contribution in [-0.4, -0.2) is 11.5 Å². The van der Waals surface area contributed by atoms with E-state index in [9.17, 15) is 4.79 Å². The van der Waals surface area contributed by atoms with Crippen LogP contribution in [0.25, 0.3) is 0 Å². The fourth-order valence-electron chi connectivity index (χ4n) is 0.899. The number of hydrogen-bond acceptors (Lipinski definition) is 3. The Morgan fingerprint density at radius 2 is 2.36 bits per heavy atom. The summed E-state index contributed by atoms with van der Waals surface area (Å²) in [5.41, 5.74) is 1.11. The summed E-state index contributed by atoms with van der Waals surface area (Å²) in [6, 6.07) is 0. The van der Waals surface area contributed by atoms with Crippen molar-refractivity contribution in [3.63, 3.8) is 0 Å². The number of hydrazone groups is 1. The van der Waals surface area contributed by atoms with Crippen molar-refractivity contribution in [2.24, 2.45) is 10.9 Å². The highest BCUT2D eigenvalue weighted by Crippen LogP contribution is 2.05. The zero-order chi connectivity index (χ0) is 8.27. The van der Waals surface area contributed by atoms with Crippen molar-refractivity contribution in [2.45, 2.75) is 13.3 Å². The third-order valence-corrected chi connectivity index (χ3v) is 1.57. The predicted octanol–water partition coefficient (Wildman–Crippen LogP) is 0.776. The van der Waals surface area contributed by atoms with Gasteiger partial charge in [-0.2, -0.15) is 5.10 Å². The average molecular weight is 150 g/mol. The summed E-state index contributed by atoms with van der Waals surface area (Å²) >= 11 is 0. The van der Waals surface area contributed by atoms with E-state index in [0.717, 1.165) is 0 Å². The molecule has 0 fully saturated rings. The molecule has 1 aliphatic rings. The number of ketones is 1. The molecule has 0 aromatic heterocycles. The van der Waals surface area contributed by atoms with Crippen molar-refractivity contribution in [1.82, 2.24) is 0 Å². The number of hydrogen-bond donors (Lipinski definition) is 1. The van der Waals surface area contributed by atoms with E-state index in [-0.39, 0.29) is 5.78 Å². The van der Waals surface area contributed by atoms with Gasteiger partial charge in [0.1, 0.15) is 5.71 Å². The van der Waals surface area contributed by atoms with Gasteiger partial charge in [0.15, 0.2) is 0 Å². The maximum absolute atomic E-state index is 11.3. The molecule has 1 aliphatic carbocycles. The van der Waals surface area contributed by atoms with Crippen LogP contribution in [0.2, 0.25) is 0 Å². The summed E-state index contributed by atoms with van der Waals surface area (Å²) in [7, 11) is 0. The van der Waals surface area contributed by atoms with Gasteiger partial charge in [0.25, 0.3) is 0 Å². The molecule has 0 aromatic carbocycles. The normalized spacial score (nSPS) is 21.7. The van der Waals surface area contributed by atoms with Crippen LogP contribution < -0.4 is 5.84 Å². The van der Waals surface area contributed by atoms with Crippen LogP contribution in [0.3, 0.4) is 0 Å². The lowest BCUT2D eigenvalue weighted by molar-refractivity contribution is -0.109. The minimum atomic E-state index is -0.0579. The molecular formula is C8H10N2O. The van der Waals surface area contributed by atoms with Gasteiger partial charge in [0.05, 0.1) is 0 Å². The number of carbonyl (C=O) groups excluding carboxylic acids is 1. The molecule has 0 amide bonds. The summed E-state index contributed by atoms with van der Waals surface area (Å²) in [6.07, 6.45) is 6.00. The van der Waals surface area contributed by atoms with E-state index in [1.165, 1.54) is 0 Å². The second kappa shape index (κ2) is 3.14. The Balaban J connectivity index is 2.98. The van der Waals surface area contributed by atoms with Gasteiger partial charge in [-0.3, -0.25) is 4.79 Å². The van der Waals surface area contributed by atoms with Gasteiger partial charge in [-0.05, 0) is 12.5 Å². The molecule has 0 spiro atoms. The summed E-state index contributed by atoms with van der Waals surface area (Å²) in [6.45, 7) is 1.75. The van der Waals surface area contributed by atoms with Gasteiger partial charge < -0.3 is 5.84 Å². The Kier molecular flexibility index (Phi) is 2.21. The van der Waals surface area contributed by atoms with E-state index in [2.05, 4.69) is 5.10 Å². The van der Waals surface area contributed by atoms with Crippen molar-refractivity contribution < 1.29 is 4.79 Å². The molecule has 3 heteroatoms. The molecule has 1 rings (SSSR count). The first kappa shape index (κ1) is 7.72. The van der Waals surface area contributed by atoms with Gasteiger partial charge in [-0.1, -0.05) is 18.2 Å². The van der Waals surface area contributed by atoms with E-state index in [1.807, 2.05) is 12.2 Å². The standard InChI is InChI=1S/C8H10N2O/c1-6-4-2-3-5-7(10-9)8(6)11/h2-4H,5,9H2,1H3/b10-7+. The van der Waals surface area contributed by atoms with Crippen molar-refractivity contribution in [3.05, 3.63) is 23.8 Å². The Bertz CT molecular complexity index is 261. The number of Topliss-reactive ketones (excluding diaryl/α,β-unsaturated/α-hetero) is 1. The predicted molar refractivity (Wildman–Crippen MR) is 44.1 cm³/mol. The second-order valence-electron chi connectivity index (χ2n) is 2.39. The van der Waals surface area contributed by atoms with Crippen LogP contribution in [0, 0.1) is 0 Å². The highest BCUT2D eigenvalue weighted by Gasteiger charge is 2.12. The number of allylic oxidation sites excluding steroid dienone is 4. The molecule has 0 saturated carbocycles. The van der Waals surface area contributed by atoms with Crippen LogP contribution in [0.1, 0.15) is 13.3 Å². The van der Waals surface area contributed by atoms with Crippen molar-refractivity contribution in [2.75, 3.05) is 0 Å². The molecule has 0 heterocycles. The number of nitrogens with zero attached hydrogens (tertiary/aromatic N) is 1. The maximum Gasteiger partial charge on any atom is 0.204 e. The Morgan fingerprint density at radius 1 is 1.64 bits per heavy atom. The molecule has 3 nitrogen and oxygen atoms in total. The first-order valence-electron chi connectivity index (χ1n) is 3.40. The molecular weight excluding hydrogens is 140 g/mol. The molecule has 0 aromatic rings. The number of carbonyl (C=O) groups is 1. The van der Waals surface area contributed by atoms with Crippen LogP contribution in [0.15, 0.2) is 28.9 Å². The van der Waals surface area contributed by atoms with Crippen LogP contribution in [0.5, 0.6) is 0 Å². The fourth-order valence-corrected chi connectivity index (χ4v) is 0.899. The minimum absolute atomic E-state index is 0.0579. The first-order valence-corrected chi connectivity index (χ1v) is 3.40. The summed E-state index contributed by atoms with van der Waals surface area (Å²) in [5, 5.41) is 3.41. The minimum Gasteiger partial charge on any atom is -0.323 e. The zero-order valence-corrected chi connectivity index (χ0v) is 6.37. The number of rotatable bonds is 0. The monoisotopic (exact) mass is 150 g/mol. The molecule has 0 atom stereocenters. The van der Waals surface area contributed by atoms with Crippen LogP contribution in [-0.2, 0) is 4.79 Å². The SMILES string of the molecule is CC1=CC=CC/C(=N\N)C1=O. The maximum atomic E-state index is 11.3. The molecule has 11 heavy (non-hydrogen) atoms. The summed E-state index contributed by atoms with van der Waals surface area (Å²) in [4.78, 5) is 11.3. The van der Waals surface area contributed by atoms with E-state index in [1.54, 1.807) is 13.0 Å². The van der Waals surface area contributed by atoms with E-state index >= 15 is 0 Å². The highest BCUT2D eigenvalue weighted by atomic mass is 16.1. The Labute approximate surface area is 65.3 Å². The van der Waals surface area contributed by atoms with Gasteiger partial charge in [-0.15, -0.1) is 0 Å². The quantitative estimate of drug-likeness (QED) is 0.409. The fraction of sp³-hybridized carbons (Fsp3) is 0.250. The molecule has 0 saturated heterocycles. The third kappa shape index (κ3) is 1.55. The largest absolute Gasteiger partial charge is 0.323 e. The van der Waals surface area contributed by atoms with Crippen molar-refractivity contribution in [3.8, 4) is 0 Å². The molecule has 0 bridgehead atoms. The third-order valence-electron chi connectivity index (χ3n) is 1.57.